The lowest BCUT2D eigenvalue weighted by atomic mass is 9.80. The first-order valence-corrected chi connectivity index (χ1v) is 14.7. The monoisotopic (exact) mass is 642 g/mol. The molecule has 2 aliphatic heterocycles. The Kier molecular flexibility index (Phi) is 8.26. The van der Waals surface area contributed by atoms with Crippen LogP contribution in [0, 0.1) is 26.2 Å². The number of anilines is 1. The third-order valence-corrected chi connectivity index (χ3v) is 8.42. The van der Waals surface area contributed by atoms with Crippen LogP contribution in [0.3, 0.4) is 0 Å². The zero-order valence-electron chi connectivity index (χ0n) is 25.1. The molecule has 0 fully saturated rings. The van der Waals surface area contributed by atoms with Crippen molar-refractivity contribution >= 4 is 40.1 Å². The molecule has 0 aromatic heterocycles. The molecule has 0 spiro atoms. The highest BCUT2D eigenvalue weighted by atomic mass is 19.4. The van der Waals surface area contributed by atoms with Crippen LogP contribution >= 0.6 is 0 Å². The van der Waals surface area contributed by atoms with Crippen LogP contribution in [0.1, 0.15) is 115 Å². The predicted octanol–water partition coefficient (Wildman–Crippen LogP) is 8.23. The summed E-state index contributed by atoms with van der Waals surface area (Å²) in [5, 5.41) is -1.60. The molecule has 3 aromatic carbocycles. The Labute approximate surface area is 260 Å². The van der Waals surface area contributed by atoms with Crippen LogP contribution in [-0.4, -0.2) is 35.1 Å². The molecular weight excluding hydrogens is 614 g/mol. The number of rotatable bonds is 8. The average molecular weight is 643 g/mol. The molecule has 46 heavy (non-hydrogen) atoms. The van der Waals surface area contributed by atoms with Crippen molar-refractivity contribution in [3.63, 3.8) is 0 Å². The van der Waals surface area contributed by atoms with Crippen molar-refractivity contribution in [3.05, 3.63) is 74.3 Å². The molecule has 0 radical (unpaired) electrons. The number of halogens is 6. The highest BCUT2D eigenvalue weighted by Gasteiger charge is 2.50. The molecule has 0 N–H and O–H groups in total. The van der Waals surface area contributed by atoms with Gasteiger partial charge in [-0.1, -0.05) is 44.9 Å². The maximum absolute atomic E-state index is 14.7. The number of imide groups is 2. The van der Waals surface area contributed by atoms with E-state index in [9.17, 15) is 45.5 Å². The van der Waals surface area contributed by atoms with E-state index in [1.54, 1.807) is 0 Å². The van der Waals surface area contributed by atoms with Gasteiger partial charge in [0.25, 0.3) is 23.6 Å². The maximum Gasteiger partial charge on any atom is 0.417 e. The smallest absolute Gasteiger partial charge is 0.274 e. The Morgan fingerprint density at radius 1 is 0.674 bits per heavy atom. The molecular formula is C34H28F6N2O4. The summed E-state index contributed by atoms with van der Waals surface area (Å²) in [6.07, 6.45) is -0.805. The second kappa shape index (κ2) is 11.6. The lowest BCUT2D eigenvalue weighted by molar-refractivity contribution is -0.138. The SMILES string of the molecule is C#Cc1cc(C)c(N2C(=O)c3cc(C(F)(F)F)c4c5c(cc(C(F)(F)F)c(c35)C2=O)C(=O)N(CCCCCCCC)C4=O)c(C)c1. The van der Waals surface area contributed by atoms with E-state index in [-0.39, 0.29) is 29.8 Å². The Hall–Kier alpha value is -4.66. The second-order valence-corrected chi connectivity index (χ2v) is 11.5. The van der Waals surface area contributed by atoms with Crippen LogP contribution in [0.25, 0.3) is 10.8 Å². The van der Waals surface area contributed by atoms with Crippen LogP contribution in [-0.2, 0) is 12.4 Å². The summed E-state index contributed by atoms with van der Waals surface area (Å²) >= 11 is 0. The molecule has 6 nitrogen and oxygen atoms in total. The van der Waals surface area contributed by atoms with Crippen LogP contribution < -0.4 is 4.90 Å². The minimum Gasteiger partial charge on any atom is -0.274 e. The Morgan fingerprint density at radius 3 is 1.65 bits per heavy atom. The molecule has 0 aliphatic carbocycles. The fourth-order valence-electron chi connectivity index (χ4n) is 6.41. The molecule has 0 saturated carbocycles. The van der Waals surface area contributed by atoms with Gasteiger partial charge in [0.1, 0.15) is 0 Å². The molecule has 2 heterocycles. The summed E-state index contributed by atoms with van der Waals surface area (Å²) in [6.45, 7) is 4.58. The van der Waals surface area contributed by atoms with Gasteiger partial charge in [-0.15, -0.1) is 6.42 Å². The first kappa shape index (κ1) is 32.7. The van der Waals surface area contributed by atoms with Gasteiger partial charge in [-0.2, -0.15) is 26.3 Å². The number of terminal acetylenes is 1. The number of alkyl halides is 6. The van der Waals surface area contributed by atoms with E-state index in [1.165, 1.54) is 26.0 Å². The number of carbonyl (C=O) groups excluding carboxylic acids is 4. The summed E-state index contributed by atoms with van der Waals surface area (Å²) in [5.74, 6) is -3.01. The van der Waals surface area contributed by atoms with Crippen LogP contribution in [0.15, 0.2) is 24.3 Å². The van der Waals surface area contributed by atoms with E-state index in [1.807, 2.05) is 6.92 Å². The van der Waals surface area contributed by atoms with Crippen molar-refractivity contribution in [1.29, 1.82) is 0 Å². The molecule has 3 aromatic rings. The molecule has 0 bridgehead atoms. The minimum absolute atomic E-state index is 0.146. The molecule has 5 rings (SSSR count). The molecule has 4 amide bonds. The summed E-state index contributed by atoms with van der Waals surface area (Å²) in [5.41, 5.74) is -6.50. The summed E-state index contributed by atoms with van der Waals surface area (Å²) < 4.78 is 87.9. The molecule has 0 saturated heterocycles. The van der Waals surface area contributed by atoms with Gasteiger partial charge >= 0.3 is 12.4 Å². The summed E-state index contributed by atoms with van der Waals surface area (Å²) in [7, 11) is 0. The third-order valence-electron chi connectivity index (χ3n) is 8.42. The summed E-state index contributed by atoms with van der Waals surface area (Å²) in [6, 6.07) is 3.44. The average Bonchev–Trinajstić information content (AvgIpc) is 2.97. The maximum atomic E-state index is 14.7. The van der Waals surface area contributed by atoms with Gasteiger partial charge in [-0.3, -0.25) is 24.1 Å². The molecule has 240 valence electrons. The first-order chi connectivity index (χ1) is 21.5. The van der Waals surface area contributed by atoms with Crippen molar-refractivity contribution in [1.82, 2.24) is 4.90 Å². The zero-order valence-corrected chi connectivity index (χ0v) is 25.1. The van der Waals surface area contributed by atoms with Crippen molar-refractivity contribution in [3.8, 4) is 12.3 Å². The van der Waals surface area contributed by atoms with Gasteiger partial charge in [0.15, 0.2) is 0 Å². The van der Waals surface area contributed by atoms with Crippen molar-refractivity contribution in [2.45, 2.75) is 71.6 Å². The third kappa shape index (κ3) is 5.21. The van der Waals surface area contributed by atoms with Gasteiger partial charge in [-0.25, -0.2) is 4.90 Å². The number of hydrogen-bond acceptors (Lipinski definition) is 4. The highest BCUT2D eigenvalue weighted by Crippen LogP contribution is 2.49. The zero-order chi connectivity index (χ0) is 33.9. The Balaban J connectivity index is 1.80. The standard InChI is InChI=1S/C34H28F6N2O4/c1-5-7-8-9-10-11-12-41-29(43)20-15-23(34(38,39)40)27-25-21(16-22(33(35,36)37)26(24(20)25)31(41)45)30(44)42(32(27)46)28-17(3)13-19(6-2)14-18(28)4/h2,13-16H,5,7-12H2,1,3-4H3. The first-order valence-electron chi connectivity index (χ1n) is 14.7. The van der Waals surface area contributed by atoms with E-state index in [4.69, 9.17) is 6.42 Å². The lowest BCUT2D eigenvalue weighted by Gasteiger charge is -2.35. The lowest BCUT2D eigenvalue weighted by Crippen LogP contribution is -2.46. The quantitative estimate of drug-likeness (QED) is 0.107. The van der Waals surface area contributed by atoms with Gasteiger partial charge < -0.3 is 0 Å². The number of hydrogen-bond donors (Lipinski definition) is 0. The second-order valence-electron chi connectivity index (χ2n) is 11.5. The topological polar surface area (TPSA) is 74.8 Å². The number of carbonyl (C=O) groups is 4. The molecule has 0 unspecified atom stereocenters. The van der Waals surface area contributed by atoms with Crippen molar-refractivity contribution < 1.29 is 45.5 Å². The van der Waals surface area contributed by atoms with Crippen molar-refractivity contribution in [2.24, 2.45) is 0 Å². The van der Waals surface area contributed by atoms with E-state index >= 15 is 0 Å². The predicted molar refractivity (Wildman–Crippen MR) is 158 cm³/mol. The molecule has 0 atom stereocenters. The normalized spacial score (nSPS) is 14.9. The van der Waals surface area contributed by atoms with Crippen LogP contribution in [0.5, 0.6) is 0 Å². The van der Waals surface area contributed by atoms with E-state index in [0.29, 0.717) is 33.9 Å². The van der Waals surface area contributed by atoms with Gasteiger partial charge in [0.05, 0.1) is 27.9 Å². The van der Waals surface area contributed by atoms with E-state index in [2.05, 4.69) is 5.92 Å². The van der Waals surface area contributed by atoms with Crippen LogP contribution in [0.2, 0.25) is 0 Å². The largest absolute Gasteiger partial charge is 0.417 e. The van der Waals surface area contributed by atoms with Gasteiger partial charge in [-0.05, 0) is 55.7 Å². The molecule has 12 heteroatoms. The number of aryl methyl sites for hydroxylation is 2. The Bertz CT molecular complexity index is 1860. The minimum atomic E-state index is -5.27. The number of nitrogens with zero attached hydrogens (tertiary/aromatic N) is 2. The van der Waals surface area contributed by atoms with Crippen LogP contribution in [0.4, 0.5) is 32.0 Å². The number of amides is 4. The highest BCUT2D eigenvalue weighted by molar-refractivity contribution is 6.40. The van der Waals surface area contributed by atoms with Crippen molar-refractivity contribution in [2.75, 3.05) is 11.4 Å². The number of benzene rings is 3. The van der Waals surface area contributed by atoms with E-state index in [0.717, 1.165) is 25.7 Å². The van der Waals surface area contributed by atoms with Gasteiger partial charge in [0.2, 0.25) is 0 Å². The van der Waals surface area contributed by atoms with E-state index < -0.39 is 80.1 Å². The number of unbranched alkanes of at least 4 members (excludes halogenated alkanes) is 5. The summed E-state index contributed by atoms with van der Waals surface area (Å²) in [4.78, 5) is 56.1. The fraction of sp³-hybridized carbons (Fsp3) is 0.353. The molecule has 2 aliphatic rings. The Morgan fingerprint density at radius 2 is 1.15 bits per heavy atom. The van der Waals surface area contributed by atoms with Gasteiger partial charge in [0, 0.05) is 34.0 Å². The fourth-order valence-corrected chi connectivity index (χ4v) is 6.41.